The first-order chi connectivity index (χ1) is 12.6. The van der Waals surface area contributed by atoms with Crippen LogP contribution >= 0.6 is 0 Å². The Hall–Kier alpha value is -1.68. The molecule has 0 N–H and O–H groups in total. The van der Waals surface area contributed by atoms with Crippen molar-refractivity contribution >= 4 is 0 Å². The first-order valence-corrected chi connectivity index (χ1v) is 10.1. The van der Waals surface area contributed by atoms with Gasteiger partial charge in [0.2, 0.25) is 11.8 Å². The molecule has 4 heteroatoms. The Kier molecular flexibility index (Phi) is 3.93. The van der Waals surface area contributed by atoms with Crippen molar-refractivity contribution in [3.63, 3.8) is 0 Å². The van der Waals surface area contributed by atoms with E-state index in [0.717, 1.165) is 35.8 Å². The van der Waals surface area contributed by atoms with Gasteiger partial charge in [0, 0.05) is 12.1 Å². The van der Waals surface area contributed by atoms with E-state index in [9.17, 15) is 0 Å². The fourth-order valence-corrected chi connectivity index (χ4v) is 6.47. The molecule has 4 fully saturated rings. The highest BCUT2D eigenvalue weighted by Crippen LogP contribution is 2.60. The lowest BCUT2D eigenvalue weighted by Crippen LogP contribution is -2.50. The molecule has 4 aliphatic rings. The van der Waals surface area contributed by atoms with Crippen LogP contribution in [0.15, 0.2) is 28.7 Å². The van der Waals surface area contributed by atoms with E-state index in [1.54, 1.807) is 0 Å². The van der Waals surface area contributed by atoms with Crippen LogP contribution in [0.4, 0.5) is 0 Å². The van der Waals surface area contributed by atoms with Crippen LogP contribution in [0.25, 0.3) is 11.5 Å². The first kappa shape index (κ1) is 16.5. The highest BCUT2D eigenvalue weighted by Gasteiger charge is 2.51. The average Bonchev–Trinajstić information content (AvgIpc) is 3.02. The minimum Gasteiger partial charge on any atom is -0.419 e. The van der Waals surface area contributed by atoms with Gasteiger partial charge in [0.25, 0.3) is 0 Å². The molecule has 2 aromatic rings. The maximum Gasteiger partial charge on any atom is 0.247 e. The van der Waals surface area contributed by atoms with Crippen molar-refractivity contribution in [2.45, 2.75) is 52.0 Å². The summed E-state index contributed by atoms with van der Waals surface area (Å²) in [5.74, 6) is 4.37. The number of rotatable bonds is 5. The van der Waals surface area contributed by atoms with Crippen LogP contribution in [0.5, 0.6) is 0 Å². The molecule has 0 radical (unpaired) electrons. The Balaban J connectivity index is 1.25. The van der Waals surface area contributed by atoms with Gasteiger partial charge in [-0.25, -0.2) is 0 Å². The molecule has 1 heterocycles. The average molecular weight is 351 g/mol. The van der Waals surface area contributed by atoms with Crippen LogP contribution in [0, 0.1) is 30.1 Å². The fraction of sp³-hybridized carbons (Fsp3) is 0.636. The summed E-state index contributed by atoms with van der Waals surface area (Å²) in [6.07, 6.45) is 8.86. The number of hydrogen-bond donors (Lipinski definition) is 0. The number of aromatic nitrogens is 2. The Labute approximate surface area is 156 Å². The third-order valence-electron chi connectivity index (χ3n) is 6.94. The normalized spacial score (nSPS) is 32.5. The van der Waals surface area contributed by atoms with Crippen molar-refractivity contribution < 1.29 is 4.42 Å². The quantitative estimate of drug-likeness (QED) is 0.783. The van der Waals surface area contributed by atoms with E-state index < -0.39 is 0 Å². The second-order valence-electron chi connectivity index (χ2n) is 9.46. The molecule has 0 spiro atoms. The summed E-state index contributed by atoms with van der Waals surface area (Å²) in [7, 11) is 2.22. The molecule has 0 amide bonds. The topological polar surface area (TPSA) is 42.2 Å². The molecule has 4 bridgehead atoms. The van der Waals surface area contributed by atoms with Crippen LogP contribution in [0.1, 0.15) is 50.0 Å². The summed E-state index contributed by atoms with van der Waals surface area (Å²) in [4.78, 5) is 2.42. The van der Waals surface area contributed by atoms with Gasteiger partial charge in [0.05, 0.1) is 6.54 Å². The third-order valence-corrected chi connectivity index (χ3v) is 6.94. The summed E-state index contributed by atoms with van der Waals surface area (Å²) in [5, 5.41) is 8.54. The van der Waals surface area contributed by atoms with Crippen LogP contribution in [0.3, 0.4) is 0 Å². The van der Waals surface area contributed by atoms with E-state index in [1.807, 2.05) is 12.1 Å². The number of nitrogens with zero attached hydrogens (tertiary/aromatic N) is 3. The Morgan fingerprint density at radius 3 is 2.23 bits per heavy atom. The zero-order chi connectivity index (χ0) is 17.7. The SMILES string of the molecule is Cc1ccc(-c2nnc(CN(C)CC34CC5CC(CC(C5)C3)C4)o2)cc1. The zero-order valence-corrected chi connectivity index (χ0v) is 15.9. The van der Waals surface area contributed by atoms with Crippen LogP contribution in [-0.4, -0.2) is 28.7 Å². The van der Waals surface area contributed by atoms with E-state index in [-0.39, 0.29) is 0 Å². The van der Waals surface area contributed by atoms with Crippen molar-refractivity contribution in [3.8, 4) is 11.5 Å². The lowest BCUT2D eigenvalue weighted by atomic mass is 9.49. The molecule has 4 aliphatic carbocycles. The molecule has 0 aliphatic heterocycles. The molecule has 4 nitrogen and oxygen atoms in total. The van der Waals surface area contributed by atoms with E-state index in [4.69, 9.17) is 4.42 Å². The van der Waals surface area contributed by atoms with Crippen LogP contribution < -0.4 is 0 Å². The molecule has 1 aromatic heterocycles. The largest absolute Gasteiger partial charge is 0.419 e. The molecule has 0 unspecified atom stereocenters. The zero-order valence-electron chi connectivity index (χ0n) is 15.9. The molecule has 26 heavy (non-hydrogen) atoms. The second kappa shape index (κ2) is 6.19. The smallest absolute Gasteiger partial charge is 0.247 e. The van der Waals surface area contributed by atoms with Gasteiger partial charge in [-0.05, 0) is 87.8 Å². The van der Waals surface area contributed by atoms with Crippen molar-refractivity contribution in [2.75, 3.05) is 13.6 Å². The number of aryl methyl sites for hydroxylation is 1. The molecular formula is C22H29N3O. The predicted octanol–water partition coefficient (Wildman–Crippen LogP) is 4.69. The molecule has 0 saturated heterocycles. The monoisotopic (exact) mass is 351 g/mol. The van der Waals surface area contributed by atoms with Gasteiger partial charge in [-0.2, -0.15) is 0 Å². The summed E-state index contributed by atoms with van der Waals surface area (Å²) in [6, 6.07) is 8.26. The molecule has 6 rings (SSSR count). The van der Waals surface area contributed by atoms with Gasteiger partial charge in [0.15, 0.2) is 0 Å². The highest BCUT2D eigenvalue weighted by atomic mass is 16.4. The molecule has 1 aromatic carbocycles. The minimum absolute atomic E-state index is 0.559. The van der Waals surface area contributed by atoms with Crippen LogP contribution in [-0.2, 0) is 6.54 Å². The van der Waals surface area contributed by atoms with Gasteiger partial charge in [-0.15, -0.1) is 10.2 Å². The maximum atomic E-state index is 5.94. The van der Waals surface area contributed by atoms with E-state index in [1.165, 1.54) is 50.6 Å². The second-order valence-corrected chi connectivity index (χ2v) is 9.46. The van der Waals surface area contributed by atoms with Crippen molar-refractivity contribution in [1.82, 2.24) is 15.1 Å². The van der Waals surface area contributed by atoms with Gasteiger partial charge >= 0.3 is 0 Å². The third kappa shape index (κ3) is 3.09. The van der Waals surface area contributed by atoms with E-state index in [0.29, 0.717) is 11.3 Å². The van der Waals surface area contributed by atoms with E-state index in [2.05, 4.69) is 41.2 Å². The Morgan fingerprint density at radius 2 is 1.62 bits per heavy atom. The summed E-state index contributed by atoms with van der Waals surface area (Å²) >= 11 is 0. The van der Waals surface area contributed by atoms with Crippen molar-refractivity contribution in [1.29, 1.82) is 0 Å². The fourth-order valence-electron chi connectivity index (χ4n) is 6.47. The highest BCUT2D eigenvalue weighted by molar-refractivity contribution is 5.52. The summed E-state index contributed by atoms with van der Waals surface area (Å²) in [5.41, 5.74) is 2.80. The molecule has 4 saturated carbocycles. The maximum absolute atomic E-state index is 5.94. The Bertz CT molecular complexity index is 744. The van der Waals surface area contributed by atoms with Crippen molar-refractivity contribution in [2.24, 2.45) is 23.2 Å². The molecule has 0 atom stereocenters. The van der Waals surface area contributed by atoms with Crippen molar-refractivity contribution in [3.05, 3.63) is 35.7 Å². The molecule has 138 valence electrons. The van der Waals surface area contributed by atoms with Gasteiger partial charge in [-0.1, -0.05) is 17.7 Å². The standard InChI is InChI=1S/C22H29N3O/c1-15-3-5-19(6-4-15)21-24-23-20(26-21)13-25(2)14-22-10-16-7-17(11-22)9-18(8-16)12-22/h3-6,16-18H,7-14H2,1-2H3. The van der Waals surface area contributed by atoms with Gasteiger partial charge < -0.3 is 4.42 Å². The summed E-state index contributed by atoms with van der Waals surface area (Å²) < 4.78 is 5.94. The predicted molar refractivity (Wildman–Crippen MR) is 101 cm³/mol. The number of hydrogen-bond acceptors (Lipinski definition) is 4. The first-order valence-electron chi connectivity index (χ1n) is 10.1. The Morgan fingerprint density at radius 1 is 1.00 bits per heavy atom. The minimum atomic E-state index is 0.559. The van der Waals surface area contributed by atoms with Gasteiger partial charge in [0.1, 0.15) is 0 Å². The van der Waals surface area contributed by atoms with Gasteiger partial charge in [-0.3, -0.25) is 4.90 Å². The van der Waals surface area contributed by atoms with Crippen LogP contribution in [0.2, 0.25) is 0 Å². The summed E-state index contributed by atoms with van der Waals surface area (Å²) in [6.45, 7) is 4.02. The lowest BCUT2D eigenvalue weighted by molar-refractivity contribution is -0.0676. The lowest BCUT2D eigenvalue weighted by Gasteiger charge is -2.57. The molecular weight excluding hydrogens is 322 g/mol. The van der Waals surface area contributed by atoms with E-state index >= 15 is 0 Å². The number of benzene rings is 1.